The number of fused-ring (bicyclic) bond motifs is 3. The number of amides is 1. The third-order valence-electron chi connectivity index (χ3n) is 3.16. The van der Waals surface area contributed by atoms with Crippen LogP contribution < -0.4 is 9.47 Å². The maximum atomic E-state index is 11.3. The highest BCUT2D eigenvalue weighted by molar-refractivity contribution is 7.09. The molecule has 2 aromatic rings. The van der Waals surface area contributed by atoms with Gasteiger partial charge >= 0.3 is 0 Å². The third kappa shape index (κ3) is 1.56. The van der Waals surface area contributed by atoms with Crippen molar-refractivity contribution < 1.29 is 9.36 Å². The fourth-order valence-corrected chi connectivity index (χ4v) is 3.26. The van der Waals surface area contributed by atoms with Gasteiger partial charge in [-0.25, -0.2) is 0 Å². The van der Waals surface area contributed by atoms with Crippen LogP contribution in [0.4, 0.5) is 5.69 Å². The molecule has 0 bridgehead atoms. The van der Waals surface area contributed by atoms with Gasteiger partial charge in [0.1, 0.15) is 5.69 Å². The first-order valence-corrected chi connectivity index (χ1v) is 6.50. The number of thiazole rings is 1. The Bertz CT molecular complexity index is 564. The molecule has 1 amide bonds. The third-order valence-corrected chi connectivity index (χ3v) is 4.05. The van der Waals surface area contributed by atoms with Crippen molar-refractivity contribution in [1.29, 1.82) is 0 Å². The minimum absolute atomic E-state index is 0.195. The Labute approximate surface area is 104 Å². The van der Waals surface area contributed by atoms with Gasteiger partial charge in [0.25, 0.3) is 0 Å². The summed E-state index contributed by atoms with van der Waals surface area (Å²) in [6.45, 7) is 2.08. The van der Waals surface area contributed by atoms with E-state index >= 15 is 0 Å². The minimum atomic E-state index is 0.195. The Morgan fingerprint density at radius 1 is 1.47 bits per heavy atom. The van der Waals surface area contributed by atoms with Gasteiger partial charge in [-0.05, 0) is 13.0 Å². The lowest BCUT2D eigenvalue weighted by molar-refractivity contribution is -0.597. The van der Waals surface area contributed by atoms with E-state index in [0.717, 1.165) is 24.2 Å². The minimum Gasteiger partial charge on any atom is -0.306 e. The summed E-state index contributed by atoms with van der Waals surface area (Å²) < 4.78 is 2.18. The number of anilines is 1. The number of nitrogens with zero attached hydrogens (tertiary/aromatic N) is 2. The molecule has 0 aliphatic carbocycles. The quantitative estimate of drug-likeness (QED) is 0.556. The first kappa shape index (κ1) is 10.5. The Hall–Kier alpha value is -1.68. The second kappa shape index (κ2) is 3.96. The summed E-state index contributed by atoms with van der Waals surface area (Å²) in [6.07, 6.45) is 3.89. The Balaban J connectivity index is 2.28. The van der Waals surface area contributed by atoms with Gasteiger partial charge in [0.2, 0.25) is 17.1 Å². The summed E-state index contributed by atoms with van der Waals surface area (Å²) >= 11 is 1.74. The standard InChI is InChI=1S/C13H13N2OS/c1-10-8-13-14(6-7-17-13)11-4-2-3-5-12(11)15(10)9-16/h2-7,9-10H,8H2,1H3/q+1/t10-/m0/s1. The van der Waals surface area contributed by atoms with E-state index in [1.54, 1.807) is 11.3 Å². The zero-order valence-electron chi connectivity index (χ0n) is 9.54. The van der Waals surface area contributed by atoms with Crippen LogP contribution in [0.1, 0.15) is 11.9 Å². The van der Waals surface area contributed by atoms with E-state index in [2.05, 4.69) is 29.1 Å². The van der Waals surface area contributed by atoms with Crippen molar-refractivity contribution in [2.75, 3.05) is 4.90 Å². The van der Waals surface area contributed by atoms with E-state index in [0.29, 0.717) is 0 Å². The lowest BCUT2D eigenvalue weighted by Gasteiger charge is -2.21. The number of rotatable bonds is 1. The van der Waals surface area contributed by atoms with Gasteiger partial charge in [-0.1, -0.05) is 23.5 Å². The summed E-state index contributed by atoms with van der Waals surface area (Å²) in [5, 5.41) is 3.38. The fraction of sp³-hybridized carbons (Fsp3) is 0.231. The van der Waals surface area contributed by atoms with E-state index < -0.39 is 0 Å². The number of carbonyl (C=O) groups is 1. The van der Waals surface area contributed by atoms with Crippen LogP contribution in [0.25, 0.3) is 5.69 Å². The van der Waals surface area contributed by atoms with Crippen molar-refractivity contribution in [1.82, 2.24) is 0 Å². The van der Waals surface area contributed by atoms with E-state index in [9.17, 15) is 4.79 Å². The van der Waals surface area contributed by atoms with Crippen molar-refractivity contribution >= 4 is 23.4 Å². The average Bonchev–Trinajstić information content (AvgIpc) is 2.75. The number of aromatic nitrogens is 1. The highest BCUT2D eigenvalue weighted by Gasteiger charge is 2.30. The second-order valence-corrected chi connectivity index (χ2v) is 5.20. The fourth-order valence-electron chi connectivity index (χ4n) is 2.31. The van der Waals surface area contributed by atoms with Gasteiger partial charge in [0.05, 0.1) is 11.8 Å². The molecule has 3 rings (SSSR count). The van der Waals surface area contributed by atoms with E-state index in [-0.39, 0.29) is 6.04 Å². The normalized spacial score (nSPS) is 18.2. The Morgan fingerprint density at radius 3 is 3.12 bits per heavy atom. The lowest BCUT2D eigenvalue weighted by Crippen LogP contribution is -2.32. The van der Waals surface area contributed by atoms with Crippen LogP contribution in [0.3, 0.4) is 0 Å². The summed E-state index contributed by atoms with van der Waals surface area (Å²) in [7, 11) is 0. The van der Waals surface area contributed by atoms with Crippen LogP contribution in [0.15, 0.2) is 35.8 Å². The molecule has 0 saturated heterocycles. The molecule has 0 saturated carbocycles. The molecule has 0 unspecified atom stereocenters. The number of hydrogen-bond acceptors (Lipinski definition) is 2. The van der Waals surface area contributed by atoms with Crippen LogP contribution in [-0.2, 0) is 11.2 Å². The molecule has 0 fully saturated rings. The Morgan fingerprint density at radius 2 is 2.29 bits per heavy atom. The van der Waals surface area contributed by atoms with Crippen LogP contribution in [0.2, 0.25) is 0 Å². The highest BCUT2D eigenvalue weighted by Crippen LogP contribution is 2.27. The van der Waals surface area contributed by atoms with E-state index in [4.69, 9.17) is 0 Å². The molecule has 1 aliphatic heterocycles. The maximum Gasteiger partial charge on any atom is 0.245 e. The molecule has 2 heterocycles. The summed E-state index contributed by atoms with van der Waals surface area (Å²) in [6, 6.07) is 8.23. The molecule has 4 heteroatoms. The van der Waals surface area contributed by atoms with Gasteiger partial charge in [-0.2, -0.15) is 4.57 Å². The molecule has 0 N–H and O–H groups in total. The van der Waals surface area contributed by atoms with Crippen molar-refractivity contribution in [2.24, 2.45) is 0 Å². The zero-order valence-corrected chi connectivity index (χ0v) is 10.4. The van der Waals surface area contributed by atoms with Crippen LogP contribution in [0.5, 0.6) is 0 Å². The van der Waals surface area contributed by atoms with Gasteiger partial charge < -0.3 is 4.90 Å². The van der Waals surface area contributed by atoms with Gasteiger partial charge in [0, 0.05) is 12.1 Å². The number of benzene rings is 1. The van der Waals surface area contributed by atoms with Crippen LogP contribution in [0, 0.1) is 0 Å². The summed E-state index contributed by atoms with van der Waals surface area (Å²) in [4.78, 5) is 13.1. The second-order valence-electron chi connectivity index (χ2n) is 4.22. The molecular weight excluding hydrogens is 232 g/mol. The van der Waals surface area contributed by atoms with Crippen molar-refractivity contribution in [3.05, 3.63) is 40.8 Å². The average molecular weight is 245 g/mol. The summed E-state index contributed by atoms with van der Waals surface area (Å²) in [5.41, 5.74) is 2.07. The SMILES string of the molecule is C[C@H]1Cc2scc[n+]2-c2ccccc2N1C=O. The first-order chi connectivity index (χ1) is 8.31. The molecule has 1 aromatic carbocycles. The highest BCUT2D eigenvalue weighted by atomic mass is 32.1. The molecule has 1 aliphatic rings. The van der Waals surface area contributed by atoms with E-state index in [1.165, 1.54) is 5.01 Å². The maximum absolute atomic E-state index is 11.3. The van der Waals surface area contributed by atoms with E-state index in [1.807, 2.05) is 23.1 Å². The molecule has 0 radical (unpaired) electrons. The van der Waals surface area contributed by atoms with Crippen molar-refractivity contribution in [3.8, 4) is 5.69 Å². The first-order valence-electron chi connectivity index (χ1n) is 5.62. The largest absolute Gasteiger partial charge is 0.306 e. The molecule has 0 spiro atoms. The molecule has 86 valence electrons. The molecule has 1 atom stereocenters. The van der Waals surface area contributed by atoms with Gasteiger partial charge in [-0.3, -0.25) is 4.79 Å². The lowest BCUT2D eigenvalue weighted by atomic mass is 10.2. The smallest absolute Gasteiger partial charge is 0.245 e. The predicted octanol–water partition coefficient (Wildman–Crippen LogP) is 1.93. The van der Waals surface area contributed by atoms with Crippen molar-refractivity contribution in [2.45, 2.75) is 19.4 Å². The molecule has 1 aromatic heterocycles. The molecule has 17 heavy (non-hydrogen) atoms. The van der Waals surface area contributed by atoms with Crippen LogP contribution in [-0.4, -0.2) is 12.5 Å². The zero-order chi connectivity index (χ0) is 11.8. The molecular formula is C13H13N2OS+. The topological polar surface area (TPSA) is 24.2 Å². The van der Waals surface area contributed by atoms with Gasteiger partial charge in [0.15, 0.2) is 6.20 Å². The number of hydrogen-bond donors (Lipinski definition) is 0. The number of carbonyl (C=O) groups excluding carboxylic acids is 1. The number of para-hydroxylation sites is 2. The van der Waals surface area contributed by atoms with Gasteiger partial charge in [-0.15, -0.1) is 0 Å². The predicted molar refractivity (Wildman–Crippen MR) is 67.6 cm³/mol. The summed E-state index contributed by atoms with van der Waals surface area (Å²) in [5.74, 6) is 0. The Kier molecular flexibility index (Phi) is 2.44. The van der Waals surface area contributed by atoms with Crippen LogP contribution >= 0.6 is 11.3 Å². The van der Waals surface area contributed by atoms with Crippen molar-refractivity contribution in [3.63, 3.8) is 0 Å². The monoisotopic (exact) mass is 245 g/mol. The molecule has 3 nitrogen and oxygen atoms in total.